The van der Waals surface area contributed by atoms with Gasteiger partial charge in [0.15, 0.2) is 0 Å². The van der Waals surface area contributed by atoms with Crippen LogP contribution in [0.25, 0.3) is 10.8 Å². The lowest BCUT2D eigenvalue weighted by molar-refractivity contribution is 1.08. The van der Waals surface area contributed by atoms with E-state index in [0.717, 1.165) is 23.1 Å². The molecule has 2 N–H and O–H groups in total. The Hall–Kier alpha value is -2.43. The van der Waals surface area contributed by atoms with E-state index in [0.29, 0.717) is 5.82 Å². The lowest BCUT2D eigenvalue weighted by Gasteiger charge is -2.19. The molecule has 0 atom stereocenters. The van der Waals surface area contributed by atoms with Gasteiger partial charge < -0.3 is 10.6 Å². The summed E-state index contributed by atoms with van der Waals surface area (Å²) < 4.78 is 0. The van der Waals surface area contributed by atoms with E-state index in [1.165, 1.54) is 0 Å². The van der Waals surface area contributed by atoms with Gasteiger partial charge in [0.1, 0.15) is 11.6 Å². The van der Waals surface area contributed by atoms with Crippen LogP contribution in [0, 0.1) is 0 Å². The first-order chi connectivity index (χ1) is 8.34. The van der Waals surface area contributed by atoms with Crippen molar-refractivity contribution in [3.8, 4) is 0 Å². The van der Waals surface area contributed by atoms with Gasteiger partial charge in [-0.1, -0.05) is 0 Å². The summed E-state index contributed by atoms with van der Waals surface area (Å²) in [4.78, 5) is 14.5. The molecule has 0 radical (unpaired) electrons. The Bertz CT molecular complexity index is 617. The van der Waals surface area contributed by atoms with E-state index in [2.05, 4.69) is 15.0 Å². The maximum absolute atomic E-state index is 5.94. The molecule has 0 unspecified atom stereocenters. The van der Waals surface area contributed by atoms with Crippen molar-refractivity contribution in [2.24, 2.45) is 4.99 Å². The molecule has 0 fully saturated rings. The molecule has 2 aromatic rings. The number of nitrogens with zero attached hydrogens (tertiary/aromatic N) is 4. The van der Waals surface area contributed by atoms with Gasteiger partial charge in [-0.2, -0.15) is 0 Å². The van der Waals surface area contributed by atoms with Crippen LogP contribution in [0.1, 0.15) is 0 Å². The number of aromatic nitrogens is 2. The van der Waals surface area contributed by atoms with Crippen LogP contribution in [-0.2, 0) is 0 Å². The molecule has 0 spiro atoms. The van der Waals surface area contributed by atoms with E-state index >= 15 is 0 Å². The fraction of sp³-hybridized carbons (Fsp3) is 0.0833. The number of pyridine rings is 2. The van der Waals surface area contributed by atoms with Gasteiger partial charge in [-0.15, -0.1) is 0 Å². The summed E-state index contributed by atoms with van der Waals surface area (Å²) in [5, 5.41) is 1.91. The number of hydrogen-bond donors (Lipinski definition) is 1. The molecule has 17 heavy (non-hydrogen) atoms. The van der Waals surface area contributed by atoms with E-state index in [4.69, 9.17) is 5.73 Å². The third-order valence-electron chi connectivity index (χ3n) is 2.64. The maximum atomic E-state index is 5.94. The molecule has 1 aliphatic rings. The standard InChI is InChI=1S/C12H11N5/c13-12-10-2-4-14-7-9(10)6-11(16-12)17-5-1-3-15-8-17/h1-4,6-8H,5H2,(H2,13,16). The smallest absolute Gasteiger partial charge is 0.137 e. The highest BCUT2D eigenvalue weighted by molar-refractivity contribution is 5.94. The van der Waals surface area contributed by atoms with Gasteiger partial charge in [0, 0.05) is 35.9 Å². The quantitative estimate of drug-likeness (QED) is 0.800. The largest absolute Gasteiger partial charge is 0.383 e. The summed E-state index contributed by atoms with van der Waals surface area (Å²) >= 11 is 0. The summed E-state index contributed by atoms with van der Waals surface area (Å²) in [6, 6.07) is 3.83. The van der Waals surface area contributed by atoms with Crippen LogP contribution in [0.2, 0.25) is 0 Å². The minimum Gasteiger partial charge on any atom is -0.383 e. The van der Waals surface area contributed by atoms with Crippen LogP contribution in [0.4, 0.5) is 11.6 Å². The molecule has 0 saturated carbocycles. The highest BCUT2D eigenvalue weighted by Gasteiger charge is 2.09. The second-order valence-electron chi connectivity index (χ2n) is 3.76. The minimum absolute atomic E-state index is 0.517. The van der Waals surface area contributed by atoms with Gasteiger partial charge in [-0.3, -0.25) is 4.98 Å². The number of aliphatic imine (C=N–C) groups is 1. The molecule has 5 heteroatoms. The van der Waals surface area contributed by atoms with Crippen LogP contribution in [0.15, 0.2) is 41.8 Å². The fourth-order valence-corrected chi connectivity index (χ4v) is 1.80. The van der Waals surface area contributed by atoms with Crippen molar-refractivity contribution in [2.45, 2.75) is 0 Å². The zero-order valence-electron chi connectivity index (χ0n) is 9.11. The molecule has 0 aromatic carbocycles. The summed E-state index contributed by atoms with van der Waals surface area (Å²) in [5.41, 5.74) is 5.94. The van der Waals surface area contributed by atoms with Gasteiger partial charge in [0.25, 0.3) is 0 Å². The van der Waals surface area contributed by atoms with E-state index in [-0.39, 0.29) is 0 Å². The zero-order chi connectivity index (χ0) is 11.7. The molecule has 0 aliphatic carbocycles. The molecule has 84 valence electrons. The lowest BCUT2D eigenvalue weighted by Crippen LogP contribution is -2.24. The van der Waals surface area contributed by atoms with Gasteiger partial charge in [-0.25, -0.2) is 9.98 Å². The molecular weight excluding hydrogens is 214 g/mol. The molecule has 0 saturated heterocycles. The molecule has 0 bridgehead atoms. The van der Waals surface area contributed by atoms with Gasteiger partial charge >= 0.3 is 0 Å². The average Bonchev–Trinajstić information content (AvgIpc) is 2.40. The Morgan fingerprint density at radius 1 is 1.35 bits per heavy atom. The third kappa shape index (κ3) is 1.71. The average molecular weight is 225 g/mol. The van der Waals surface area contributed by atoms with E-state index in [9.17, 15) is 0 Å². The minimum atomic E-state index is 0.517. The molecule has 2 aromatic heterocycles. The number of nitrogen functional groups attached to an aromatic ring is 1. The van der Waals surface area contributed by atoms with E-state index < -0.39 is 0 Å². The number of rotatable bonds is 1. The van der Waals surface area contributed by atoms with Crippen molar-refractivity contribution in [3.63, 3.8) is 0 Å². The Morgan fingerprint density at radius 2 is 2.29 bits per heavy atom. The lowest BCUT2D eigenvalue weighted by atomic mass is 10.2. The van der Waals surface area contributed by atoms with Gasteiger partial charge in [0.2, 0.25) is 0 Å². The van der Waals surface area contributed by atoms with Crippen LogP contribution >= 0.6 is 0 Å². The molecule has 0 amide bonds. The normalized spacial score (nSPS) is 14.5. The molecule has 3 rings (SSSR count). The van der Waals surface area contributed by atoms with Gasteiger partial charge in [-0.05, 0) is 18.2 Å². The van der Waals surface area contributed by atoms with Crippen molar-refractivity contribution >= 4 is 28.7 Å². The van der Waals surface area contributed by atoms with Crippen molar-refractivity contribution in [3.05, 3.63) is 36.8 Å². The highest BCUT2D eigenvalue weighted by Crippen LogP contribution is 2.23. The second-order valence-corrected chi connectivity index (χ2v) is 3.76. The summed E-state index contributed by atoms with van der Waals surface area (Å²) in [5.74, 6) is 1.30. The SMILES string of the molecule is Nc1nc(N2C=NC=CC2)cc2cnccc12. The van der Waals surface area contributed by atoms with Crippen molar-refractivity contribution in [1.82, 2.24) is 9.97 Å². The molecular formula is C12H11N5. The summed E-state index contributed by atoms with van der Waals surface area (Å²) in [6.07, 6.45) is 8.97. The van der Waals surface area contributed by atoms with Crippen LogP contribution < -0.4 is 10.6 Å². The first kappa shape index (κ1) is 9.77. The van der Waals surface area contributed by atoms with Gasteiger partial charge in [0.05, 0.1) is 6.34 Å². The number of anilines is 2. The summed E-state index contributed by atoms with van der Waals surface area (Å²) in [7, 11) is 0. The Labute approximate surface area is 98.3 Å². The van der Waals surface area contributed by atoms with Crippen molar-refractivity contribution < 1.29 is 0 Å². The van der Waals surface area contributed by atoms with Crippen molar-refractivity contribution in [1.29, 1.82) is 0 Å². The Morgan fingerprint density at radius 3 is 3.12 bits per heavy atom. The van der Waals surface area contributed by atoms with Crippen LogP contribution in [0.5, 0.6) is 0 Å². The first-order valence-corrected chi connectivity index (χ1v) is 5.30. The first-order valence-electron chi connectivity index (χ1n) is 5.30. The topological polar surface area (TPSA) is 67.4 Å². The maximum Gasteiger partial charge on any atom is 0.137 e. The fourth-order valence-electron chi connectivity index (χ4n) is 1.80. The molecule has 1 aliphatic heterocycles. The molecule has 3 heterocycles. The van der Waals surface area contributed by atoms with Crippen LogP contribution in [-0.4, -0.2) is 22.9 Å². The predicted octanol–water partition coefficient (Wildman–Crippen LogP) is 1.57. The predicted molar refractivity (Wildman–Crippen MR) is 68.9 cm³/mol. The number of fused-ring (bicyclic) bond motifs is 1. The van der Waals surface area contributed by atoms with Crippen LogP contribution in [0.3, 0.4) is 0 Å². The van der Waals surface area contributed by atoms with E-state index in [1.807, 2.05) is 23.1 Å². The Kier molecular flexibility index (Phi) is 2.22. The van der Waals surface area contributed by atoms with E-state index in [1.54, 1.807) is 24.9 Å². The van der Waals surface area contributed by atoms with Crippen molar-refractivity contribution in [2.75, 3.05) is 17.2 Å². The third-order valence-corrected chi connectivity index (χ3v) is 2.64. The monoisotopic (exact) mass is 225 g/mol. The Balaban J connectivity index is 2.12. The number of nitrogens with two attached hydrogens (primary N) is 1. The second kappa shape index (κ2) is 3.86. The summed E-state index contributed by atoms with van der Waals surface area (Å²) in [6.45, 7) is 0.752. The zero-order valence-corrected chi connectivity index (χ0v) is 9.11. The molecule has 5 nitrogen and oxygen atoms in total. The highest BCUT2D eigenvalue weighted by atomic mass is 15.2. The number of hydrogen-bond acceptors (Lipinski definition) is 5.